The van der Waals surface area contributed by atoms with Crippen LogP contribution in [0.5, 0.6) is 0 Å². The average Bonchev–Trinajstić information content (AvgIpc) is 3.36. The van der Waals surface area contributed by atoms with Gasteiger partial charge in [0.15, 0.2) is 6.10 Å². The quantitative estimate of drug-likeness (QED) is 0.0211. The second kappa shape index (κ2) is 54.7. The third-order valence-electron chi connectivity index (χ3n) is 12.7. The van der Waals surface area contributed by atoms with Gasteiger partial charge in [0.25, 0.3) is 6.29 Å². The molecule has 0 aliphatic rings. The Morgan fingerprint density at radius 2 is 0.781 bits per heavy atom. The molecule has 0 aliphatic carbocycles. The number of carboxylic acids is 1. The zero-order valence-corrected chi connectivity index (χ0v) is 47.8. The van der Waals surface area contributed by atoms with Crippen LogP contribution in [0, 0.1) is 0 Å². The number of esters is 2. The highest BCUT2D eigenvalue weighted by atomic mass is 16.7. The molecular formula is C64H112NO8+. The van der Waals surface area contributed by atoms with Crippen molar-refractivity contribution in [2.75, 3.05) is 47.5 Å². The number of likely N-dealkylation sites (N-methyl/N-ethyl adjacent to an activating group) is 1. The summed E-state index contributed by atoms with van der Waals surface area (Å²) in [5.41, 5.74) is 0. The number of carbonyl (C=O) groups excluding carboxylic acids is 2. The summed E-state index contributed by atoms with van der Waals surface area (Å²) in [5.74, 6) is -2.03. The van der Waals surface area contributed by atoms with Crippen molar-refractivity contribution in [1.82, 2.24) is 0 Å². The van der Waals surface area contributed by atoms with Crippen LogP contribution in [0.3, 0.4) is 0 Å². The molecule has 2 unspecified atom stereocenters. The van der Waals surface area contributed by atoms with Crippen LogP contribution in [0.2, 0.25) is 0 Å². The molecule has 0 fully saturated rings. The molecule has 0 aromatic rings. The number of nitrogens with zero attached hydrogens (tertiary/aromatic N) is 1. The minimum Gasteiger partial charge on any atom is -0.477 e. The van der Waals surface area contributed by atoms with Gasteiger partial charge >= 0.3 is 17.9 Å². The molecular weight excluding hydrogens is 911 g/mol. The molecule has 0 bridgehead atoms. The molecule has 0 saturated heterocycles. The number of allylic oxidation sites excluding steroid dienone is 14. The van der Waals surface area contributed by atoms with Crippen LogP contribution in [0.1, 0.15) is 245 Å². The van der Waals surface area contributed by atoms with Crippen LogP contribution in [0.25, 0.3) is 0 Å². The zero-order valence-electron chi connectivity index (χ0n) is 47.8. The van der Waals surface area contributed by atoms with Gasteiger partial charge in [0.05, 0.1) is 34.4 Å². The van der Waals surface area contributed by atoms with Crippen molar-refractivity contribution in [3.05, 3.63) is 85.1 Å². The van der Waals surface area contributed by atoms with E-state index in [2.05, 4.69) is 98.9 Å². The number of hydrogen-bond acceptors (Lipinski definition) is 7. The summed E-state index contributed by atoms with van der Waals surface area (Å²) in [6.45, 7) is 4.76. The summed E-state index contributed by atoms with van der Waals surface area (Å²) < 4.78 is 22.9. The van der Waals surface area contributed by atoms with Crippen molar-refractivity contribution >= 4 is 17.9 Å². The highest BCUT2D eigenvalue weighted by Crippen LogP contribution is 2.16. The number of hydrogen-bond donors (Lipinski definition) is 1. The standard InChI is InChI=1S/C64H111NO8/c1-6-8-10-12-14-16-18-20-22-24-26-28-29-30-31-32-33-35-37-39-41-43-45-47-49-51-53-55-62(67)73-60(59-72-64(63(68)69)70-57-56-65(3,4)5)58-71-61(66)54-52-50-48-46-44-42-40-38-36-34-27-25-23-21-19-17-15-13-11-9-7-2/h8,10,14,16,20,22,26,28,30-31,33,35,39,41,60,64H,6-7,9,11-13,15,17-19,21,23-25,27,29,32,34,36-38,40,42-59H2,1-5H3/p+1/b10-8-,16-14-,22-20-,28-26-,31-30-,35-33-,41-39-. The molecule has 0 amide bonds. The number of rotatable bonds is 54. The molecule has 0 heterocycles. The Bertz CT molecular complexity index is 1470. The van der Waals surface area contributed by atoms with E-state index in [0.717, 1.165) is 96.3 Å². The van der Waals surface area contributed by atoms with Gasteiger partial charge in [-0.3, -0.25) is 9.59 Å². The van der Waals surface area contributed by atoms with Crippen LogP contribution in [0.15, 0.2) is 85.1 Å². The summed E-state index contributed by atoms with van der Waals surface area (Å²) in [7, 11) is 5.96. The van der Waals surface area contributed by atoms with Crippen LogP contribution in [-0.4, -0.2) is 87.4 Å². The van der Waals surface area contributed by atoms with E-state index in [4.69, 9.17) is 18.9 Å². The molecule has 2 atom stereocenters. The lowest BCUT2D eigenvalue weighted by Gasteiger charge is -2.25. The third kappa shape index (κ3) is 56.0. The van der Waals surface area contributed by atoms with Crippen molar-refractivity contribution in [3.63, 3.8) is 0 Å². The van der Waals surface area contributed by atoms with Gasteiger partial charge in [0.2, 0.25) is 0 Å². The topological polar surface area (TPSA) is 108 Å². The van der Waals surface area contributed by atoms with E-state index in [9.17, 15) is 19.5 Å². The molecule has 0 spiro atoms. The molecule has 0 saturated carbocycles. The summed E-state index contributed by atoms with van der Waals surface area (Å²) >= 11 is 0. The van der Waals surface area contributed by atoms with Gasteiger partial charge in [-0.2, -0.15) is 0 Å². The second-order valence-electron chi connectivity index (χ2n) is 20.9. The number of carboxylic acid groups (broad SMARTS) is 1. The Morgan fingerprint density at radius 1 is 0.425 bits per heavy atom. The van der Waals surface area contributed by atoms with Gasteiger partial charge in [0.1, 0.15) is 13.2 Å². The molecule has 0 radical (unpaired) electrons. The largest absolute Gasteiger partial charge is 0.477 e. The summed E-state index contributed by atoms with van der Waals surface area (Å²) in [5, 5.41) is 9.71. The maximum atomic E-state index is 12.9. The van der Waals surface area contributed by atoms with Crippen molar-refractivity contribution in [1.29, 1.82) is 0 Å². The minimum atomic E-state index is -1.52. The Kier molecular flexibility index (Phi) is 52.1. The Balaban J connectivity index is 4.30. The highest BCUT2D eigenvalue weighted by Gasteiger charge is 2.25. The van der Waals surface area contributed by atoms with Crippen LogP contribution < -0.4 is 0 Å². The van der Waals surface area contributed by atoms with Gasteiger partial charge in [-0.25, -0.2) is 4.79 Å². The van der Waals surface area contributed by atoms with Gasteiger partial charge in [-0.05, 0) is 70.6 Å². The van der Waals surface area contributed by atoms with E-state index in [1.807, 2.05) is 21.1 Å². The number of unbranched alkanes of at least 4 members (excludes halogenated alkanes) is 25. The summed E-state index contributed by atoms with van der Waals surface area (Å²) in [6.07, 6.45) is 69.4. The lowest BCUT2D eigenvalue weighted by atomic mass is 10.0. The number of aliphatic carboxylic acids is 1. The molecule has 0 aliphatic heterocycles. The van der Waals surface area contributed by atoms with E-state index >= 15 is 0 Å². The van der Waals surface area contributed by atoms with E-state index in [1.54, 1.807) is 0 Å². The number of quaternary nitrogens is 1. The van der Waals surface area contributed by atoms with E-state index in [1.165, 1.54) is 116 Å². The Morgan fingerprint density at radius 3 is 1.16 bits per heavy atom. The average molecular weight is 1020 g/mol. The van der Waals surface area contributed by atoms with Crippen LogP contribution in [-0.2, 0) is 33.3 Å². The fraction of sp³-hybridized carbons (Fsp3) is 0.734. The predicted octanol–water partition coefficient (Wildman–Crippen LogP) is 17.6. The van der Waals surface area contributed by atoms with Crippen molar-refractivity contribution < 1.29 is 42.9 Å². The molecule has 420 valence electrons. The molecule has 0 aromatic heterocycles. The molecule has 0 aromatic carbocycles. The highest BCUT2D eigenvalue weighted by molar-refractivity contribution is 5.71. The zero-order chi connectivity index (χ0) is 53.4. The van der Waals surface area contributed by atoms with Crippen molar-refractivity contribution in [2.24, 2.45) is 0 Å². The molecule has 9 heteroatoms. The third-order valence-corrected chi connectivity index (χ3v) is 12.7. The first-order valence-corrected chi connectivity index (χ1v) is 29.8. The first kappa shape index (κ1) is 69.5. The fourth-order valence-corrected chi connectivity index (χ4v) is 8.11. The summed E-state index contributed by atoms with van der Waals surface area (Å²) in [6, 6.07) is 0. The van der Waals surface area contributed by atoms with Crippen molar-refractivity contribution in [3.8, 4) is 0 Å². The molecule has 73 heavy (non-hydrogen) atoms. The van der Waals surface area contributed by atoms with Crippen molar-refractivity contribution in [2.45, 2.75) is 257 Å². The lowest BCUT2D eigenvalue weighted by molar-refractivity contribution is -0.870. The van der Waals surface area contributed by atoms with Crippen LogP contribution >= 0.6 is 0 Å². The normalized spacial score (nSPS) is 13.4. The van der Waals surface area contributed by atoms with E-state index in [-0.39, 0.29) is 32.2 Å². The van der Waals surface area contributed by atoms with E-state index < -0.39 is 24.3 Å². The number of carbonyl (C=O) groups is 3. The second-order valence-corrected chi connectivity index (χ2v) is 20.9. The van der Waals surface area contributed by atoms with Gasteiger partial charge in [-0.1, -0.05) is 247 Å². The maximum absolute atomic E-state index is 12.9. The van der Waals surface area contributed by atoms with Gasteiger partial charge in [-0.15, -0.1) is 0 Å². The SMILES string of the molecule is CC/C=C\C/C=C\C/C=C\C/C=C\C/C=C\C/C=C\C/C=C\CCCCCCCC(=O)OC(COC(=O)CCCCCCCCCCCCCCCCCCCCCCC)COC(OCC[N+](C)(C)C)C(=O)O. The van der Waals surface area contributed by atoms with E-state index in [0.29, 0.717) is 23.9 Å². The molecule has 9 nitrogen and oxygen atoms in total. The summed E-state index contributed by atoms with van der Waals surface area (Å²) in [4.78, 5) is 37.5. The smallest absolute Gasteiger partial charge is 0.361 e. The molecule has 0 rings (SSSR count). The minimum absolute atomic E-state index is 0.181. The number of ether oxygens (including phenoxy) is 4. The Labute approximate surface area is 449 Å². The lowest BCUT2D eigenvalue weighted by Crippen LogP contribution is -2.40. The van der Waals surface area contributed by atoms with Gasteiger partial charge in [0, 0.05) is 12.8 Å². The maximum Gasteiger partial charge on any atom is 0.361 e. The first-order valence-electron chi connectivity index (χ1n) is 29.8. The fourth-order valence-electron chi connectivity index (χ4n) is 8.11. The van der Waals surface area contributed by atoms with Gasteiger partial charge < -0.3 is 28.5 Å². The molecule has 1 N–H and O–H groups in total. The van der Waals surface area contributed by atoms with Crippen LogP contribution in [0.4, 0.5) is 0 Å². The Hall–Kier alpha value is -3.53. The predicted molar refractivity (Wildman–Crippen MR) is 309 cm³/mol. The monoisotopic (exact) mass is 1020 g/mol. The first-order chi connectivity index (χ1) is 35.6.